The molecule has 0 radical (unpaired) electrons. The zero-order valence-electron chi connectivity index (χ0n) is 11.8. The summed E-state index contributed by atoms with van der Waals surface area (Å²) in [7, 11) is 0. The van der Waals surface area contributed by atoms with Gasteiger partial charge in [-0.1, -0.05) is 30.3 Å². The summed E-state index contributed by atoms with van der Waals surface area (Å²) in [4.78, 5) is 0. The average Bonchev–Trinajstić information content (AvgIpc) is 3.05. The van der Waals surface area contributed by atoms with Crippen LogP contribution in [0.3, 0.4) is 0 Å². The van der Waals surface area contributed by atoms with Crippen LogP contribution in [0.4, 0.5) is 0 Å². The molecule has 0 saturated carbocycles. The van der Waals surface area contributed by atoms with Gasteiger partial charge in [0, 0.05) is 22.8 Å². The van der Waals surface area contributed by atoms with E-state index in [0.29, 0.717) is 0 Å². The molecule has 1 aliphatic carbocycles. The summed E-state index contributed by atoms with van der Waals surface area (Å²) in [5, 5.41) is 2.44. The number of hydrogen-bond acceptors (Lipinski definition) is 2. The third-order valence-electron chi connectivity index (χ3n) is 4.52. The maximum absolute atomic E-state index is 6.18. The first-order valence-corrected chi connectivity index (χ1v) is 7.34. The Kier molecular flexibility index (Phi) is 2.02. The minimum absolute atomic E-state index is 0.944. The summed E-state index contributed by atoms with van der Waals surface area (Å²) in [5.41, 5.74) is 5.67. The lowest BCUT2D eigenvalue weighted by atomic mass is 9.91. The Balaban J connectivity index is 1.96. The van der Waals surface area contributed by atoms with Gasteiger partial charge in [-0.15, -0.1) is 0 Å². The van der Waals surface area contributed by atoms with Gasteiger partial charge in [-0.05, 0) is 31.0 Å². The predicted molar refractivity (Wildman–Crippen MR) is 83.6 cm³/mol. The highest BCUT2D eigenvalue weighted by Crippen LogP contribution is 2.45. The van der Waals surface area contributed by atoms with Gasteiger partial charge in [0.15, 0.2) is 0 Å². The van der Waals surface area contributed by atoms with Gasteiger partial charge >= 0.3 is 0 Å². The molecular formula is C19H14O2. The molecule has 2 nitrogen and oxygen atoms in total. The Morgan fingerprint density at radius 1 is 0.857 bits per heavy atom. The number of furan rings is 2. The van der Waals surface area contributed by atoms with E-state index in [1.807, 2.05) is 24.3 Å². The fourth-order valence-electron chi connectivity index (χ4n) is 3.57. The molecule has 0 amide bonds. The molecule has 0 fully saturated rings. The summed E-state index contributed by atoms with van der Waals surface area (Å²) in [6.45, 7) is 2.13. The van der Waals surface area contributed by atoms with Crippen molar-refractivity contribution in [1.29, 1.82) is 0 Å². The molecule has 2 aromatic heterocycles. The maximum Gasteiger partial charge on any atom is 0.142 e. The van der Waals surface area contributed by atoms with E-state index < -0.39 is 0 Å². The first kappa shape index (κ1) is 11.2. The van der Waals surface area contributed by atoms with Crippen LogP contribution in [-0.4, -0.2) is 0 Å². The molecule has 1 aliphatic rings. The minimum atomic E-state index is 0.944. The molecule has 0 atom stereocenters. The van der Waals surface area contributed by atoms with Crippen molar-refractivity contribution in [3.05, 3.63) is 59.4 Å². The highest BCUT2D eigenvalue weighted by atomic mass is 16.4. The molecule has 102 valence electrons. The van der Waals surface area contributed by atoms with Crippen molar-refractivity contribution in [3.8, 4) is 11.3 Å². The summed E-state index contributed by atoms with van der Waals surface area (Å²) in [6.07, 6.45) is 1.93. The molecule has 5 rings (SSSR count). The number of fused-ring (bicyclic) bond motifs is 7. The molecule has 21 heavy (non-hydrogen) atoms. The van der Waals surface area contributed by atoms with Crippen molar-refractivity contribution < 1.29 is 8.83 Å². The van der Waals surface area contributed by atoms with E-state index in [4.69, 9.17) is 8.83 Å². The predicted octanol–water partition coefficient (Wildman–Crippen LogP) is 5.25. The van der Waals surface area contributed by atoms with E-state index >= 15 is 0 Å². The monoisotopic (exact) mass is 274 g/mol. The van der Waals surface area contributed by atoms with Crippen LogP contribution in [-0.2, 0) is 12.8 Å². The highest BCUT2D eigenvalue weighted by Gasteiger charge is 2.28. The van der Waals surface area contributed by atoms with Crippen LogP contribution in [0.25, 0.3) is 33.3 Å². The van der Waals surface area contributed by atoms with Gasteiger partial charge in [0.05, 0.1) is 5.56 Å². The van der Waals surface area contributed by atoms with Crippen LogP contribution in [0.5, 0.6) is 0 Å². The molecule has 2 aromatic carbocycles. The molecule has 4 aromatic rings. The van der Waals surface area contributed by atoms with Crippen molar-refractivity contribution in [2.24, 2.45) is 0 Å². The summed E-state index contributed by atoms with van der Waals surface area (Å²) >= 11 is 0. The van der Waals surface area contributed by atoms with Crippen molar-refractivity contribution in [2.75, 3.05) is 0 Å². The van der Waals surface area contributed by atoms with Crippen molar-refractivity contribution >= 4 is 21.9 Å². The van der Waals surface area contributed by atoms with E-state index in [1.165, 1.54) is 27.5 Å². The maximum atomic E-state index is 6.18. The van der Waals surface area contributed by atoms with Gasteiger partial charge < -0.3 is 8.83 Å². The van der Waals surface area contributed by atoms with E-state index in [2.05, 4.69) is 25.1 Å². The first-order chi connectivity index (χ1) is 10.3. The molecule has 0 unspecified atom stereocenters. The quantitative estimate of drug-likeness (QED) is 0.437. The van der Waals surface area contributed by atoms with Crippen LogP contribution in [0, 0.1) is 6.92 Å². The van der Waals surface area contributed by atoms with Gasteiger partial charge in [0.2, 0.25) is 0 Å². The van der Waals surface area contributed by atoms with Crippen molar-refractivity contribution in [2.45, 2.75) is 19.8 Å². The van der Waals surface area contributed by atoms with E-state index in [-0.39, 0.29) is 0 Å². The number of benzene rings is 2. The lowest BCUT2D eigenvalue weighted by Crippen LogP contribution is -1.99. The molecule has 2 heteroatoms. The van der Waals surface area contributed by atoms with Crippen LogP contribution in [0.2, 0.25) is 0 Å². The van der Waals surface area contributed by atoms with E-state index in [9.17, 15) is 0 Å². The second-order valence-electron chi connectivity index (χ2n) is 5.75. The molecule has 0 N–H and O–H groups in total. The Morgan fingerprint density at radius 3 is 2.67 bits per heavy atom. The Bertz CT molecular complexity index is 1000. The van der Waals surface area contributed by atoms with Gasteiger partial charge in [-0.25, -0.2) is 0 Å². The first-order valence-electron chi connectivity index (χ1n) is 7.34. The minimum Gasteiger partial charge on any atom is -0.460 e. The second-order valence-corrected chi connectivity index (χ2v) is 5.75. The summed E-state index contributed by atoms with van der Waals surface area (Å²) < 4.78 is 12.2. The summed E-state index contributed by atoms with van der Waals surface area (Å²) in [6, 6.07) is 14.5. The van der Waals surface area contributed by atoms with Crippen LogP contribution in [0.15, 0.2) is 51.3 Å². The third-order valence-corrected chi connectivity index (χ3v) is 4.52. The van der Waals surface area contributed by atoms with Gasteiger partial charge in [0.25, 0.3) is 0 Å². The van der Waals surface area contributed by atoms with Crippen molar-refractivity contribution in [1.82, 2.24) is 0 Å². The molecule has 2 heterocycles. The fraction of sp³-hybridized carbons (Fsp3) is 0.158. The van der Waals surface area contributed by atoms with Crippen LogP contribution < -0.4 is 0 Å². The number of hydrogen-bond donors (Lipinski definition) is 0. The molecular weight excluding hydrogens is 260 g/mol. The molecule has 0 spiro atoms. The largest absolute Gasteiger partial charge is 0.460 e. The Hall–Kier alpha value is -2.48. The van der Waals surface area contributed by atoms with E-state index in [1.54, 1.807) is 0 Å². The van der Waals surface area contributed by atoms with E-state index in [0.717, 1.165) is 35.5 Å². The smallest absolute Gasteiger partial charge is 0.142 e. The second kappa shape index (κ2) is 3.79. The molecule has 0 bridgehead atoms. The number of rotatable bonds is 0. The third kappa shape index (κ3) is 1.37. The van der Waals surface area contributed by atoms with Crippen molar-refractivity contribution in [3.63, 3.8) is 0 Å². The molecule has 0 saturated heterocycles. The zero-order chi connectivity index (χ0) is 14.0. The summed E-state index contributed by atoms with van der Waals surface area (Å²) in [5.74, 6) is 2.07. The highest BCUT2D eigenvalue weighted by molar-refractivity contribution is 6.01. The number of para-hydroxylation sites is 1. The Labute approximate surface area is 122 Å². The van der Waals surface area contributed by atoms with Gasteiger partial charge in [0.1, 0.15) is 22.7 Å². The normalized spacial score (nSPS) is 13.6. The van der Waals surface area contributed by atoms with Crippen LogP contribution in [0.1, 0.15) is 16.9 Å². The SMILES string of the molecule is Cc1cccc2oc3c(c12)-c1oc2ccccc2c1CC3. The zero-order valence-corrected chi connectivity index (χ0v) is 11.8. The Morgan fingerprint density at radius 2 is 1.71 bits per heavy atom. The van der Waals surface area contributed by atoms with Crippen LogP contribution >= 0.6 is 0 Å². The van der Waals surface area contributed by atoms with Gasteiger partial charge in [-0.3, -0.25) is 0 Å². The fourth-order valence-corrected chi connectivity index (χ4v) is 3.57. The standard InChI is InChI=1S/C19H14O2/c1-11-5-4-8-15-17(11)18-16(20-15)10-9-13-12-6-2-3-7-14(12)21-19(13)18/h2-8H,9-10H2,1H3. The topological polar surface area (TPSA) is 26.3 Å². The lowest BCUT2D eigenvalue weighted by molar-refractivity contribution is 0.536. The molecule has 0 aliphatic heterocycles. The number of aryl methyl sites for hydroxylation is 3. The lowest BCUT2D eigenvalue weighted by Gasteiger charge is -2.10. The van der Waals surface area contributed by atoms with Gasteiger partial charge in [-0.2, -0.15) is 0 Å². The average molecular weight is 274 g/mol.